The molecule has 3 nitrogen and oxygen atoms in total. The maximum absolute atomic E-state index is 12.8. The Labute approximate surface area is 148 Å². The lowest BCUT2D eigenvalue weighted by Crippen LogP contribution is -2.30. The molecule has 4 heteroatoms. The second-order valence-corrected chi connectivity index (χ2v) is 7.58. The minimum absolute atomic E-state index is 0.0769. The molecule has 2 aromatic rings. The Balaban J connectivity index is 1.85. The lowest BCUT2D eigenvalue weighted by molar-refractivity contribution is -0.114. The average Bonchev–Trinajstić information content (AvgIpc) is 2.83. The largest absolute Gasteiger partial charge is 0.378 e. The molecule has 0 aliphatic carbocycles. The second kappa shape index (κ2) is 6.73. The van der Waals surface area contributed by atoms with Gasteiger partial charge in [-0.3, -0.25) is 9.69 Å². The van der Waals surface area contributed by atoms with E-state index >= 15 is 0 Å². The molecule has 24 heavy (non-hydrogen) atoms. The Morgan fingerprint density at radius 1 is 1.04 bits per heavy atom. The van der Waals surface area contributed by atoms with Crippen LogP contribution in [0.5, 0.6) is 0 Å². The third-order valence-corrected chi connectivity index (χ3v) is 5.21. The highest BCUT2D eigenvalue weighted by Gasteiger charge is 2.34. The molecular formula is C20H22N2OS. The van der Waals surface area contributed by atoms with Crippen LogP contribution in [-0.2, 0) is 4.79 Å². The fraction of sp³-hybridized carbons (Fsp3) is 0.250. The molecule has 0 spiro atoms. The van der Waals surface area contributed by atoms with Gasteiger partial charge < -0.3 is 4.90 Å². The number of benzene rings is 2. The van der Waals surface area contributed by atoms with Crippen LogP contribution in [0.2, 0.25) is 0 Å². The summed E-state index contributed by atoms with van der Waals surface area (Å²) in [5.74, 6) is 0.0769. The Hall–Kier alpha value is -2.20. The fourth-order valence-corrected chi connectivity index (χ4v) is 3.81. The maximum atomic E-state index is 12.8. The lowest BCUT2D eigenvalue weighted by Gasteiger charge is -2.20. The van der Waals surface area contributed by atoms with E-state index in [1.165, 1.54) is 5.56 Å². The number of thioether (sulfide) groups is 1. The highest BCUT2D eigenvalue weighted by atomic mass is 32.2. The van der Waals surface area contributed by atoms with Crippen LogP contribution in [-0.4, -0.2) is 25.4 Å². The fourth-order valence-electron chi connectivity index (χ4n) is 2.72. The van der Waals surface area contributed by atoms with Crippen LogP contribution in [0.25, 0.3) is 6.08 Å². The predicted molar refractivity (Wildman–Crippen MR) is 104 cm³/mol. The van der Waals surface area contributed by atoms with Crippen LogP contribution < -0.4 is 9.80 Å². The Morgan fingerprint density at radius 2 is 1.67 bits per heavy atom. The molecular weight excluding hydrogens is 316 g/mol. The molecule has 124 valence electrons. The SMILES string of the molecule is Cc1ccc(N2C(=O)/C(=C/c3ccc(N(C)C)cc3)SC2C)cc1. The summed E-state index contributed by atoms with van der Waals surface area (Å²) in [5, 5.41) is 0.104. The van der Waals surface area contributed by atoms with Crippen LogP contribution in [0.4, 0.5) is 11.4 Å². The molecule has 1 amide bonds. The van der Waals surface area contributed by atoms with Gasteiger partial charge in [0.2, 0.25) is 0 Å². The zero-order valence-corrected chi connectivity index (χ0v) is 15.3. The van der Waals surface area contributed by atoms with Crippen LogP contribution in [0.1, 0.15) is 18.1 Å². The van der Waals surface area contributed by atoms with Crippen LogP contribution in [0.15, 0.2) is 53.4 Å². The van der Waals surface area contributed by atoms with Crippen molar-refractivity contribution in [3.05, 3.63) is 64.6 Å². The Kier molecular flexibility index (Phi) is 4.67. The maximum Gasteiger partial charge on any atom is 0.265 e. The van der Waals surface area contributed by atoms with E-state index in [0.29, 0.717) is 0 Å². The molecule has 0 bridgehead atoms. The number of nitrogens with zero attached hydrogens (tertiary/aromatic N) is 2. The molecule has 1 aliphatic rings. The van der Waals surface area contributed by atoms with Gasteiger partial charge in [0.15, 0.2) is 0 Å². The van der Waals surface area contributed by atoms with Crippen molar-refractivity contribution < 1.29 is 4.79 Å². The van der Waals surface area contributed by atoms with Crippen molar-refractivity contribution in [3.8, 4) is 0 Å². The lowest BCUT2D eigenvalue weighted by atomic mass is 10.1. The van der Waals surface area contributed by atoms with Crippen molar-refractivity contribution in [3.63, 3.8) is 0 Å². The third-order valence-electron chi connectivity index (χ3n) is 4.11. The van der Waals surface area contributed by atoms with Gasteiger partial charge in [0.05, 0.1) is 10.3 Å². The summed E-state index contributed by atoms with van der Waals surface area (Å²) in [6.45, 7) is 4.12. The summed E-state index contributed by atoms with van der Waals surface area (Å²) in [6, 6.07) is 16.3. The first-order valence-electron chi connectivity index (χ1n) is 8.01. The van der Waals surface area contributed by atoms with Crippen molar-refractivity contribution >= 4 is 35.1 Å². The van der Waals surface area contributed by atoms with Gasteiger partial charge in [0.25, 0.3) is 5.91 Å². The first-order valence-corrected chi connectivity index (χ1v) is 8.89. The molecule has 0 radical (unpaired) electrons. The first-order chi connectivity index (χ1) is 11.5. The molecule has 2 aromatic carbocycles. The molecule has 0 N–H and O–H groups in total. The monoisotopic (exact) mass is 338 g/mol. The van der Waals surface area contributed by atoms with E-state index in [1.807, 2.05) is 49.3 Å². The zero-order valence-electron chi connectivity index (χ0n) is 14.5. The normalized spacial score (nSPS) is 19.2. The number of aryl methyl sites for hydroxylation is 1. The number of amides is 1. The molecule has 1 atom stereocenters. The summed E-state index contributed by atoms with van der Waals surface area (Å²) >= 11 is 1.61. The molecule has 3 rings (SSSR count). The summed E-state index contributed by atoms with van der Waals surface area (Å²) in [5.41, 5.74) is 4.35. The second-order valence-electron chi connectivity index (χ2n) is 6.22. The Bertz CT molecular complexity index is 763. The number of rotatable bonds is 3. The van der Waals surface area contributed by atoms with Gasteiger partial charge in [0, 0.05) is 25.5 Å². The molecule has 0 aromatic heterocycles. The quantitative estimate of drug-likeness (QED) is 0.768. The minimum atomic E-state index is 0.0769. The highest BCUT2D eigenvalue weighted by Crippen LogP contribution is 2.39. The number of carbonyl (C=O) groups excluding carboxylic acids is 1. The zero-order chi connectivity index (χ0) is 17.3. The number of carbonyl (C=O) groups is 1. The van der Waals surface area contributed by atoms with Gasteiger partial charge in [-0.25, -0.2) is 0 Å². The van der Waals surface area contributed by atoms with Crippen molar-refractivity contribution in [1.29, 1.82) is 0 Å². The molecule has 1 fully saturated rings. The van der Waals surface area contributed by atoms with Gasteiger partial charge >= 0.3 is 0 Å². The molecule has 0 saturated carbocycles. The van der Waals surface area contributed by atoms with E-state index in [9.17, 15) is 4.79 Å². The predicted octanol–water partition coefficient (Wildman–Crippen LogP) is 4.53. The highest BCUT2D eigenvalue weighted by molar-refractivity contribution is 8.05. The van der Waals surface area contributed by atoms with E-state index in [4.69, 9.17) is 0 Å². The van der Waals surface area contributed by atoms with Crippen molar-refractivity contribution in [2.75, 3.05) is 23.9 Å². The van der Waals surface area contributed by atoms with E-state index in [1.54, 1.807) is 11.8 Å². The average molecular weight is 338 g/mol. The summed E-state index contributed by atoms with van der Waals surface area (Å²) < 4.78 is 0. The summed E-state index contributed by atoms with van der Waals surface area (Å²) in [7, 11) is 4.04. The first kappa shape index (κ1) is 16.7. The molecule has 1 heterocycles. The van der Waals surface area contributed by atoms with Crippen molar-refractivity contribution in [2.45, 2.75) is 19.2 Å². The van der Waals surface area contributed by atoms with E-state index < -0.39 is 0 Å². The van der Waals surface area contributed by atoms with E-state index in [0.717, 1.165) is 21.8 Å². The molecule has 1 saturated heterocycles. The number of hydrogen-bond acceptors (Lipinski definition) is 3. The van der Waals surface area contributed by atoms with E-state index in [2.05, 4.69) is 43.0 Å². The van der Waals surface area contributed by atoms with Gasteiger partial charge in [0.1, 0.15) is 0 Å². The van der Waals surface area contributed by atoms with Crippen LogP contribution in [0, 0.1) is 6.92 Å². The van der Waals surface area contributed by atoms with Gasteiger partial charge in [-0.05, 0) is 49.8 Å². The molecule has 1 aliphatic heterocycles. The smallest absolute Gasteiger partial charge is 0.265 e. The summed E-state index contributed by atoms with van der Waals surface area (Å²) in [6.07, 6.45) is 1.98. The van der Waals surface area contributed by atoms with Crippen molar-refractivity contribution in [1.82, 2.24) is 0 Å². The van der Waals surface area contributed by atoms with Crippen molar-refractivity contribution in [2.24, 2.45) is 0 Å². The Morgan fingerprint density at radius 3 is 2.25 bits per heavy atom. The standard InChI is InChI=1S/C20H22N2OS/c1-14-5-9-18(10-6-14)22-15(2)24-19(20(22)23)13-16-7-11-17(12-8-16)21(3)4/h5-13,15H,1-4H3/b19-13-. The molecule has 1 unspecified atom stereocenters. The summed E-state index contributed by atoms with van der Waals surface area (Å²) in [4.78, 5) is 17.5. The third kappa shape index (κ3) is 3.34. The number of anilines is 2. The van der Waals surface area contributed by atoms with Crippen LogP contribution >= 0.6 is 11.8 Å². The topological polar surface area (TPSA) is 23.6 Å². The van der Waals surface area contributed by atoms with Gasteiger partial charge in [-0.2, -0.15) is 0 Å². The number of hydrogen-bond donors (Lipinski definition) is 0. The minimum Gasteiger partial charge on any atom is -0.378 e. The van der Waals surface area contributed by atoms with Crippen LogP contribution in [0.3, 0.4) is 0 Å². The van der Waals surface area contributed by atoms with Gasteiger partial charge in [-0.1, -0.05) is 41.6 Å². The van der Waals surface area contributed by atoms with Gasteiger partial charge in [-0.15, -0.1) is 0 Å². The van der Waals surface area contributed by atoms with E-state index in [-0.39, 0.29) is 11.3 Å².